The quantitative estimate of drug-likeness (QED) is 0.857. The van der Waals surface area contributed by atoms with Gasteiger partial charge < -0.3 is 14.4 Å². The molecule has 2 heterocycles. The maximum atomic E-state index is 5.25. The Morgan fingerprint density at radius 3 is 3.05 bits per heavy atom. The van der Waals surface area contributed by atoms with Crippen LogP contribution in [0.2, 0.25) is 0 Å². The van der Waals surface area contributed by atoms with Gasteiger partial charge >= 0.3 is 0 Å². The summed E-state index contributed by atoms with van der Waals surface area (Å²) < 4.78 is 7.23. The Balaban J connectivity index is 1.59. The summed E-state index contributed by atoms with van der Waals surface area (Å²) in [6.45, 7) is 5.61. The molecule has 19 heavy (non-hydrogen) atoms. The molecule has 0 aliphatic heterocycles. The fraction of sp³-hybridized carbons (Fsp3) is 0.615. The second-order valence-corrected chi connectivity index (χ2v) is 5.39. The van der Waals surface area contributed by atoms with E-state index in [1.807, 2.05) is 10.8 Å². The van der Waals surface area contributed by atoms with E-state index in [9.17, 15) is 0 Å². The van der Waals surface area contributed by atoms with Crippen LogP contribution in [0.15, 0.2) is 17.0 Å². The largest absolute Gasteiger partial charge is 0.337 e. The van der Waals surface area contributed by atoms with Crippen LogP contribution in [0.25, 0.3) is 0 Å². The van der Waals surface area contributed by atoms with Crippen molar-refractivity contribution >= 4 is 0 Å². The summed E-state index contributed by atoms with van der Waals surface area (Å²) in [5.41, 5.74) is 1.02. The van der Waals surface area contributed by atoms with Crippen molar-refractivity contribution in [1.29, 1.82) is 0 Å². The molecule has 3 rings (SSSR count). The number of aromatic nitrogens is 4. The van der Waals surface area contributed by atoms with Crippen LogP contribution in [0, 0.1) is 0 Å². The molecule has 0 spiro atoms. The van der Waals surface area contributed by atoms with Crippen LogP contribution in [-0.4, -0.2) is 25.7 Å². The lowest BCUT2D eigenvalue weighted by Gasteiger charge is -2.04. The highest BCUT2D eigenvalue weighted by atomic mass is 16.5. The molecule has 6 nitrogen and oxygen atoms in total. The molecule has 0 bridgehead atoms. The van der Waals surface area contributed by atoms with Crippen LogP contribution in [0.5, 0.6) is 0 Å². The highest BCUT2D eigenvalue weighted by Gasteiger charge is 2.28. The Morgan fingerprint density at radius 1 is 1.47 bits per heavy atom. The molecule has 0 aromatic carbocycles. The summed E-state index contributed by atoms with van der Waals surface area (Å²) in [6, 6.07) is 0.460. The molecule has 1 aliphatic rings. The third kappa shape index (κ3) is 3.20. The second-order valence-electron chi connectivity index (χ2n) is 5.39. The molecule has 0 amide bonds. The Labute approximate surface area is 112 Å². The topological polar surface area (TPSA) is 68.8 Å². The van der Waals surface area contributed by atoms with E-state index in [4.69, 9.17) is 4.52 Å². The molecule has 1 aliphatic carbocycles. The molecule has 0 radical (unpaired) electrons. The number of rotatable bonds is 6. The van der Waals surface area contributed by atoms with E-state index in [0.717, 1.165) is 18.1 Å². The van der Waals surface area contributed by atoms with Gasteiger partial charge in [-0.05, 0) is 12.8 Å². The lowest BCUT2D eigenvalue weighted by Crippen LogP contribution is -2.21. The fourth-order valence-corrected chi connectivity index (χ4v) is 1.89. The zero-order chi connectivity index (χ0) is 13.2. The van der Waals surface area contributed by atoms with Gasteiger partial charge in [0.25, 0.3) is 0 Å². The van der Waals surface area contributed by atoms with Crippen molar-refractivity contribution in [3.8, 4) is 0 Å². The molecule has 0 unspecified atom stereocenters. The van der Waals surface area contributed by atoms with E-state index in [0.29, 0.717) is 24.4 Å². The van der Waals surface area contributed by atoms with Crippen LogP contribution in [0.4, 0.5) is 0 Å². The summed E-state index contributed by atoms with van der Waals surface area (Å²) in [5.74, 6) is 2.05. The lowest BCUT2D eigenvalue weighted by molar-refractivity contribution is 0.366. The van der Waals surface area contributed by atoms with Crippen LogP contribution >= 0.6 is 0 Å². The average molecular weight is 261 g/mol. The van der Waals surface area contributed by atoms with Gasteiger partial charge in [-0.15, -0.1) is 0 Å². The normalized spacial score (nSPS) is 15.3. The zero-order valence-electron chi connectivity index (χ0n) is 11.3. The maximum Gasteiger partial charge on any atom is 0.246 e. The SMILES string of the molecule is CC(C)NCc1cn(Cc2nc(C3CC3)no2)cn1. The van der Waals surface area contributed by atoms with Gasteiger partial charge in [0, 0.05) is 24.7 Å². The third-order valence-electron chi connectivity index (χ3n) is 3.12. The number of nitrogens with one attached hydrogen (secondary N) is 1. The van der Waals surface area contributed by atoms with E-state index in [1.54, 1.807) is 6.33 Å². The van der Waals surface area contributed by atoms with Gasteiger partial charge in [-0.25, -0.2) is 4.98 Å². The number of hydrogen-bond acceptors (Lipinski definition) is 5. The number of nitrogens with zero attached hydrogens (tertiary/aromatic N) is 4. The minimum atomic E-state index is 0.460. The third-order valence-corrected chi connectivity index (χ3v) is 3.12. The van der Waals surface area contributed by atoms with Gasteiger partial charge in [0.2, 0.25) is 5.89 Å². The van der Waals surface area contributed by atoms with Gasteiger partial charge in [0.1, 0.15) is 6.54 Å². The van der Waals surface area contributed by atoms with Crippen LogP contribution < -0.4 is 5.32 Å². The van der Waals surface area contributed by atoms with Gasteiger partial charge in [-0.2, -0.15) is 4.98 Å². The molecule has 0 atom stereocenters. The molecule has 2 aromatic rings. The van der Waals surface area contributed by atoms with Crippen molar-refractivity contribution in [2.24, 2.45) is 0 Å². The molecular weight excluding hydrogens is 242 g/mol. The lowest BCUT2D eigenvalue weighted by atomic mass is 10.3. The number of imidazole rings is 1. The monoisotopic (exact) mass is 261 g/mol. The van der Waals surface area contributed by atoms with Gasteiger partial charge in [0.15, 0.2) is 5.82 Å². The average Bonchev–Trinajstić information content (AvgIpc) is 2.96. The van der Waals surface area contributed by atoms with E-state index < -0.39 is 0 Å². The van der Waals surface area contributed by atoms with Crippen molar-refractivity contribution in [2.75, 3.05) is 0 Å². The Bertz CT molecular complexity index is 541. The van der Waals surface area contributed by atoms with Crippen molar-refractivity contribution in [3.63, 3.8) is 0 Å². The summed E-state index contributed by atoms with van der Waals surface area (Å²) in [7, 11) is 0. The summed E-state index contributed by atoms with van der Waals surface area (Å²) in [4.78, 5) is 8.76. The molecule has 1 N–H and O–H groups in total. The summed E-state index contributed by atoms with van der Waals surface area (Å²) in [6.07, 6.45) is 6.19. The Morgan fingerprint density at radius 2 is 2.32 bits per heavy atom. The summed E-state index contributed by atoms with van der Waals surface area (Å²) in [5, 5.41) is 7.35. The van der Waals surface area contributed by atoms with Crippen molar-refractivity contribution in [1.82, 2.24) is 25.0 Å². The minimum Gasteiger partial charge on any atom is -0.337 e. The van der Waals surface area contributed by atoms with Crippen molar-refractivity contribution < 1.29 is 4.52 Å². The highest BCUT2D eigenvalue weighted by molar-refractivity contribution is 5.04. The molecule has 102 valence electrons. The molecule has 6 heteroatoms. The second kappa shape index (κ2) is 5.13. The molecule has 2 aromatic heterocycles. The molecule has 1 saturated carbocycles. The predicted molar refractivity (Wildman–Crippen MR) is 69.6 cm³/mol. The summed E-state index contributed by atoms with van der Waals surface area (Å²) >= 11 is 0. The first-order valence-corrected chi connectivity index (χ1v) is 6.77. The van der Waals surface area contributed by atoms with Gasteiger partial charge in [-0.1, -0.05) is 19.0 Å². The predicted octanol–water partition coefficient (Wildman–Crippen LogP) is 1.69. The van der Waals surface area contributed by atoms with E-state index in [2.05, 4.69) is 34.3 Å². The first kappa shape index (κ1) is 12.3. The van der Waals surface area contributed by atoms with E-state index in [-0.39, 0.29) is 0 Å². The zero-order valence-corrected chi connectivity index (χ0v) is 11.3. The van der Waals surface area contributed by atoms with Crippen LogP contribution in [0.3, 0.4) is 0 Å². The smallest absolute Gasteiger partial charge is 0.246 e. The first-order chi connectivity index (χ1) is 9.20. The van der Waals surface area contributed by atoms with Gasteiger partial charge in [-0.3, -0.25) is 0 Å². The molecular formula is C13H19N5O. The maximum absolute atomic E-state index is 5.25. The number of hydrogen-bond donors (Lipinski definition) is 1. The van der Waals surface area contributed by atoms with Crippen LogP contribution in [-0.2, 0) is 13.1 Å². The van der Waals surface area contributed by atoms with Crippen molar-refractivity contribution in [3.05, 3.63) is 29.9 Å². The molecule has 1 fully saturated rings. The van der Waals surface area contributed by atoms with Crippen LogP contribution in [0.1, 0.15) is 50.0 Å². The van der Waals surface area contributed by atoms with Crippen molar-refractivity contribution in [2.45, 2.75) is 51.7 Å². The Hall–Kier alpha value is -1.69. The Kier molecular flexibility index (Phi) is 3.33. The fourth-order valence-electron chi connectivity index (χ4n) is 1.89. The van der Waals surface area contributed by atoms with E-state index in [1.165, 1.54) is 12.8 Å². The van der Waals surface area contributed by atoms with Gasteiger partial charge in [0.05, 0.1) is 12.0 Å². The van der Waals surface area contributed by atoms with E-state index >= 15 is 0 Å². The standard InChI is InChI=1S/C13H19N5O/c1-9(2)14-5-11-6-18(8-15-11)7-12-16-13(17-19-12)10-3-4-10/h6,8-10,14H,3-5,7H2,1-2H3. The highest BCUT2D eigenvalue weighted by Crippen LogP contribution is 2.38. The molecule has 0 saturated heterocycles. The first-order valence-electron chi connectivity index (χ1n) is 6.77. The minimum absolute atomic E-state index is 0.460.